The summed E-state index contributed by atoms with van der Waals surface area (Å²) in [5.74, 6) is -0.607. The van der Waals surface area contributed by atoms with Crippen LogP contribution < -0.4 is 10.2 Å². The molecule has 1 saturated heterocycles. The smallest absolute Gasteiger partial charge is 0.255 e. The molecule has 5 nitrogen and oxygen atoms in total. The molecule has 1 saturated carbocycles. The van der Waals surface area contributed by atoms with Crippen LogP contribution in [0.1, 0.15) is 42.5 Å². The summed E-state index contributed by atoms with van der Waals surface area (Å²) in [6, 6.07) is 8.66. The molecule has 2 aromatic rings. The topological polar surface area (TPSA) is 48.5 Å². The lowest BCUT2D eigenvalue weighted by Crippen LogP contribution is -2.51. The maximum atomic E-state index is 13.9. The highest BCUT2D eigenvalue weighted by molar-refractivity contribution is 6.05. The van der Waals surface area contributed by atoms with Gasteiger partial charge in [0.15, 0.2) is 0 Å². The zero-order chi connectivity index (χ0) is 19.3. The van der Waals surface area contributed by atoms with E-state index in [0.29, 0.717) is 11.3 Å². The SMILES string of the molecule is O=C(Nc1cc(F)ccc1N1CCN(C2CCCCC2)CC1)c1ccncc1. The molecule has 1 aliphatic carbocycles. The molecule has 0 unspecified atom stereocenters. The number of nitrogens with zero attached hydrogens (tertiary/aromatic N) is 3. The molecule has 2 heterocycles. The highest BCUT2D eigenvalue weighted by atomic mass is 19.1. The lowest BCUT2D eigenvalue weighted by Gasteiger charge is -2.42. The average Bonchev–Trinajstić information content (AvgIpc) is 2.75. The Bertz CT molecular complexity index is 799. The summed E-state index contributed by atoms with van der Waals surface area (Å²) in [5.41, 5.74) is 1.91. The van der Waals surface area contributed by atoms with Crippen LogP contribution in [-0.4, -0.2) is 48.0 Å². The van der Waals surface area contributed by atoms with Gasteiger partial charge in [0.1, 0.15) is 5.82 Å². The zero-order valence-corrected chi connectivity index (χ0v) is 16.1. The third kappa shape index (κ3) is 4.33. The number of hydrogen-bond donors (Lipinski definition) is 1. The van der Waals surface area contributed by atoms with Gasteiger partial charge in [0.25, 0.3) is 5.91 Å². The minimum Gasteiger partial charge on any atom is -0.367 e. The number of aromatic nitrogens is 1. The molecule has 148 valence electrons. The maximum absolute atomic E-state index is 13.9. The van der Waals surface area contributed by atoms with Crippen molar-refractivity contribution in [3.8, 4) is 0 Å². The highest BCUT2D eigenvalue weighted by Gasteiger charge is 2.26. The van der Waals surface area contributed by atoms with Gasteiger partial charge in [0, 0.05) is 50.2 Å². The number of pyridine rings is 1. The summed E-state index contributed by atoms with van der Waals surface area (Å²) in [4.78, 5) is 21.3. The number of piperazine rings is 1. The Hall–Kier alpha value is -2.47. The third-order valence-electron chi connectivity index (χ3n) is 5.90. The van der Waals surface area contributed by atoms with Gasteiger partial charge in [0.2, 0.25) is 0 Å². The van der Waals surface area contributed by atoms with Crippen LogP contribution in [-0.2, 0) is 0 Å². The predicted octanol–water partition coefficient (Wildman–Crippen LogP) is 3.93. The van der Waals surface area contributed by atoms with E-state index in [0.717, 1.165) is 37.9 Å². The van der Waals surface area contributed by atoms with Gasteiger partial charge in [-0.1, -0.05) is 19.3 Å². The molecular formula is C22H27FN4O. The second-order valence-corrected chi connectivity index (χ2v) is 7.67. The third-order valence-corrected chi connectivity index (χ3v) is 5.90. The second-order valence-electron chi connectivity index (χ2n) is 7.67. The van der Waals surface area contributed by atoms with Crippen LogP contribution >= 0.6 is 0 Å². The monoisotopic (exact) mass is 382 g/mol. The van der Waals surface area contributed by atoms with Crippen LogP contribution in [0.5, 0.6) is 0 Å². The molecule has 28 heavy (non-hydrogen) atoms. The molecule has 0 bridgehead atoms. The Labute approximate surface area is 165 Å². The Kier molecular flexibility index (Phi) is 5.86. The van der Waals surface area contributed by atoms with E-state index < -0.39 is 0 Å². The Morgan fingerprint density at radius 3 is 2.43 bits per heavy atom. The van der Waals surface area contributed by atoms with Gasteiger partial charge in [-0.2, -0.15) is 0 Å². The fourth-order valence-corrected chi connectivity index (χ4v) is 4.36. The van der Waals surface area contributed by atoms with Crippen molar-refractivity contribution in [2.24, 2.45) is 0 Å². The number of carbonyl (C=O) groups is 1. The van der Waals surface area contributed by atoms with Crippen molar-refractivity contribution in [1.29, 1.82) is 0 Å². The number of anilines is 2. The van der Waals surface area contributed by atoms with Gasteiger partial charge in [-0.3, -0.25) is 14.7 Å². The molecular weight excluding hydrogens is 355 g/mol. The fraction of sp³-hybridized carbons (Fsp3) is 0.455. The molecule has 2 aliphatic rings. The first-order valence-corrected chi connectivity index (χ1v) is 10.2. The Morgan fingerprint density at radius 2 is 1.71 bits per heavy atom. The number of carbonyl (C=O) groups excluding carboxylic acids is 1. The van der Waals surface area contributed by atoms with Crippen LogP contribution in [0.15, 0.2) is 42.7 Å². The largest absolute Gasteiger partial charge is 0.367 e. The van der Waals surface area contributed by atoms with E-state index in [1.54, 1.807) is 30.6 Å². The number of rotatable bonds is 4. The van der Waals surface area contributed by atoms with E-state index in [1.807, 2.05) is 0 Å². The summed E-state index contributed by atoms with van der Waals surface area (Å²) in [6.07, 6.45) is 9.82. The molecule has 1 N–H and O–H groups in total. The van der Waals surface area contributed by atoms with Crippen molar-refractivity contribution in [2.75, 3.05) is 36.4 Å². The number of benzene rings is 1. The van der Waals surface area contributed by atoms with Gasteiger partial charge in [0.05, 0.1) is 11.4 Å². The van der Waals surface area contributed by atoms with E-state index in [2.05, 4.69) is 20.1 Å². The minimum atomic E-state index is -0.352. The standard InChI is InChI=1S/C22H27FN4O/c23-18-6-7-21(20(16-18)25-22(28)17-8-10-24-11-9-17)27-14-12-26(13-15-27)19-4-2-1-3-5-19/h6-11,16,19H,1-5,12-15H2,(H,25,28). The Balaban J connectivity index is 1.45. The van der Waals surface area contributed by atoms with Crippen molar-refractivity contribution in [3.05, 3.63) is 54.1 Å². The second kappa shape index (κ2) is 8.69. The maximum Gasteiger partial charge on any atom is 0.255 e. The summed E-state index contributed by atoms with van der Waals surface area (Å²) in [6.45, 7) is 3.81. The van der Waals surface area contributed by atoms with Gasteiger partial charge >= 0.3 is 0 Å². The summed E-state index contributed by atoms with van der Waals surface area (Å²) in [5, 5.41) is 2.88. The summed E-state index contributed by atoms with van der Waals surface area (Å²) in [7, 11) is 0. The van der Waals surface area contributed by atoms with E-state index in [4.69, 9.17) is 0 Å². The van der Waals surface area contributed by atoms with Crippen LogP contribution in [0.2, 0.25) is 0 Å². The quantitative estimate of drug-likeness (QED) is 0.871. The lowest BCUT2D eigenvalue weighted by molar-refractivity contribution is 0.102. The van der Waals surface area contributed by atoms with Crippen LogP contribution in [0.4, 0.5) is 15.8 Å². The first kappa shape index (κ1) is 18.9. The van der Waals surface area contributed by atoms with Gasteiger partial charge in [-0.25, -0.2) is 4.39 Å². The van der Waals surface area contributed by atoms with Crippen LogP contribution in [0.3, 0.4) is 0 Å². The number of nitrogens with one attached hydrogen (secondary N) is 1. The summed E-state index contributed by atoms with van der Waals surface area (Å²) < 4.78 is 13.9. The predicted molar refractivity (Wildman–Crippen MR) is 109 cm³/mol. The molecule has 1 amide bonds. The molecule has 4 rings (SSSR count). The first-order valence-electron chi connectivity index (χ1n) is 10.2. The molecule has 6 heteroatoms. The van der Waals surface area contributed by atoms with Crippen molar-refractivity contribution in [1.82, 2.24) is 9.88 Å². The molecule has 2 fully saturated rings. The molecule has 0 spiro atoms. The fourth-order valence-electron chi connectivity index (χ4n) is 4.36. The van der Waals surface area contributed by atoms with E-state index in [-0.39, 0.29) is 11.7 Å². The minimum absolute atomic E-state index is 0.255. The number of halogens is 1. The van der Waals surface area contributed by atoms with Gasteiger partial charge in [-0.05, 0) is 43.2 Å². The normalized spacial score (nSPS) is 18.8. The van der Waals surface area contributed by atoms with Crippen LogP contribution in [0, 0.1) is 5.82 Å². The number of hydrogen-bond acceptors (Lipinski definition) is 4. The van der Waals surface area contributed by atoms with E-state index >= 15 is 0 Å². The zero-order valence-electron chi connectivity index (χ0n) is 16.1. The van der Waals surface area contributed by atoms with E-state index in [1.165, 1.54) is 44.2 Å². The average molecular weight is 382 g/mol. The molecule has 1 aromatic carbocycles. The first-order chi connectivity index (χ1) is 13.7. The van der Waals surface area contributed by atoms with Crippen molar-refractivity contribution in [2.45, 2.75) is 38.1 Å². The van der Waals surface area contributed by atoms with Crippen molar-refractivity contribution in [3.63, 3.8) is 0 Å². The van der Waals surface area contributed by atoms with Crippen molar-refractivity contribution < 1.29 is 9.18 Å². The molecule has 1 aromatic heterocycles. The van der Waals surface area contributed by atoms with Gasteiger partial charge in [-0.15, -0.1) is 0 Å². The lowest BCUT2D eigenvalue weighted by atomic mass is 9.94. The summed E-state index contributed by atoms with van der Waals surface area (Å²) >= 11 is 0. The molecule has 0 atom stereocenters. The molecule has 1 aliphatic heterocycles. The van der Waals surface area contributed by atoms with Crippen molar-refractivity contribution >= 4 is 17.3 Å². The Morgan fingerprint density at radius 1 is 1.00 bits per heavy atom. The van der Waals surface area contributed by atoms with E-state index in [9.17, 15) is 9.18 Å². The van der Waals surface area contributed by atoms with Gasteiger partial charge < -0.3 is 10.2 Å². The highest BCUT2D eigenvalue weighted by Crippen LogP contribution is 2.30. The number of amides is 1. The molecule has 0 radical (unpaired) electrons. The van der Waals surface area contributed by atoms with Crippen LogP contribution in [0.25, 0.3) is 0 Å².